The molecule has 0 aromatic heterocycles. The predicted molar refractivity (Wildman–Crippen MR) is 47.1 cm³/mol. The van der Waals surface area contributed by atoms with Gasteiger partial charge in [-0.1, -0.05) is 11.6 Å². The molecule has 3 nitrogen and oxygen atoms in total. The predicted octanol–water partition coefficient (Wildman–Crippen LogP) is 1.99. The molecule has 0 bridgehead atoms. The quantitative estimate of drug-likeness (QED) is 0.448. The van der Waals surface area contributed by atoms with Crippen LogP contribution in [0.1, 0.15) is 10.4 Å². The van der Waals surface area contributed by atoms with E-state index < -0.39 is 33.9 Å². The molecule has 0 heterocycles. The molecule has 14 heavy (non-hydrogen) atoms. The number of esters is 1. The first-order chi connectivity index (χ1) is 6.49. The molecular weight excluding hydrogens is 216 g/mol. The van der Waals surface area contributed by atoms with Gasteiger partial charge in [0.1, 0.15) is 10.8 Å². The summed E-state index contributed by atoms with van der Waals surface area (Å²) in [4.78, 5) is 10.9. The average Bonchev–Trinajstić information content (AvgIpc) is 2.19. The summed E-state index contributed by atoms with van der Waals surface area (Å²) in [6, 6.07) is 0.641. The summed E-state index contributed by atoms with van der Waals surface area (Å²) in [5.74, 6) is -3.06. The van der Waals surface area contributed by atoms with Crippen LogP contribution in [0.15, 0.2) is 6.07 Å². The van der Waals surface area contributed by atoms with Crippen LogP contribution in [0.5, 0.6) is 0 Å². The smallest absolute Gasteiger partial charge is 0.341 e. The van der Waals surface area contributed by atoms with Gasteiger partial charge in [-0.15, -0.1) is 0 Å². The number of nitrogens with two attached hydrogens (primary N) is 1. The number of hydrogen-bond acceptors (Lipinski definition) is 3. The Hall–Kier alpha value is -1.36. The fraction of sp³-hybridized carbons (Fsp3) is 0.125. The van der Waals surface area contributed by atoms with Crippen molar-refractivity contribution in [2.24, 2.45) is 0 Å². The van der Waals surface area contributed by atoms with E-state index in [0.717, 1.165) is 7.11 Å². The Bertz CT molecular complexity index is 395. The molecular formula is C8H6ClF2NO2. The molecule has 0 saturated carbocycles. The Balaban J connectivity index is 3.40. The number of anilines is 1. The highest BCUT2D eigenvalue weighted by Gasteiger charge is 2.20. The third-order valence-corrected chi connectivity index (χ3v) is 1.97. The van der Waals surface area contributed by atoms with Gasteiger partial charge >= 0.3 is 5.97 Å². The molecule has 0 radical (unpaired) electrons. The summed E-state index contributed by atoms with van der Waals surface area (Å²) in [6.45, 7) is 0. The Morgan fingerprint density at radius 3 is 2.64 bits per heavy atom. The third kappa shape index (κ3) is 1.63. The molecule has 1 aromatic rings. The average molecular weight is 222 g/mol. The zero-order valence-corrected chi connectivity index (χ0v) is 7.86. The number of ether oxygens (including phenoxy) is 1. The molecule has 0 unspecified atom stereocenters. The van der Waals surface area contributed by atoms with E-state index in [1.165, 1.54) is 0 Å². The van der Waals surface area contributed by atoms with Crippen LogP contribution in [-0.2, 0) is 4.74 Å². The second-order valence-electron chi connectivity index (χ2n) is 2.44. The van der Waals surface area contributed by atoms with Gasteiger partial charge in [-0.25, -0.2) is 13.6 Å². The molecule has 1 rings (SSSR count). The number of hydrogen-bond donors (Lipinski definition) is 1. The molecule has 0 amide bonds. The molecule has 2 N–H and O–H groups in total. The van der Waals surface area contributed by atoms with Crippen molar-refractivity contribution >= 4 is 23.3 Å². The topological polar surface area (TPSA) is 52.3 Å². The van der Waals surface area contributed by atoms with Crippen LogP contribution < -0.4 is 5.73 Å². The zero-order valence-electron chi connectivity index (χ0n) is 7.11. The summed E-state index contributed by atoms with van der Waals surface area (Å²) < 4.78 is 30.4. The van der Waals surface area contributed by atoms with Crippen LogP contribution >= 0.6 is 11.6 Å². The van der Waals surface area contributed by atoms with Gasteiger partial charge in [0.25, 0.3) is 0 Å². The van der Waals surface area contributed by atoms with Crippen LogP contribution in [0, 0.1) is 11.6 Å². The fourth-order valence-electron chi connectivity index (χ4n) is 0.868. The highest BCUT2D eigenvalue weighted by molar-refractivity contribution is 6.33. The van der Waals surface area contributed by atoms with Crippen LogP contribution in [-0.4, -0.2) is 13.1 Å². The molecule has 6 heteroatoms. The lowest BCUT2D eigenvalue weighted by atomic mass is 10.2. The number of carbonyl (C=O) groups excluding carboxylic acids is 1. The number of rotatable bonds is 1. The van der Waals surface area contributed by atoms with Crippen LogP contribution in [0.4, 0.5) is 14.5 Å². The van der Waals surface area contributed by atoms with Gasteiger partial charge in [0.05, 0.1) is 18.4 Å². The standard InChI is InChI=1S/C8H6ClF2NO2/c1-14-8(13)3-2-4(10)7(12)5(9)6(3)11/h2H,12H2,1H3. The van der Waals surface area contributed by atoms with Gasteiger partial charge in [0.2, 0.25) is 0 Å². The Morgan fingerprint density at radius 2 is 2.14 bits per heavy atom. The molecule has 0 aliphatic carbocycles. The van der Waals surface area contributed by atoms with Crippen molar-refractivity contribution in [2.75, 3.05) is 12.8 Å². The highest BCUT2D eigenvalue weighted by Crippen LogP contribution is 2.28. The monoisotopic (exact) mass is 221 g/mol. The number of halogens is 3. The third-order valence-electron chi connectivity index (χ3n) is 1.60. The van der Waals surface area contributed by atoms with E-state index >= 15 is 0 Å². The highest BCUT2D eigenvalue weighted by atomic mass is 35.5. The van der Waals surface area contributed by atoms with Gasteiger partial charge in [-0.05, 0) is 6.07 Å². The first kappa shape index (κ1) is 10.7. The Labute approximate surface area is 83.4 Å². The van der Waals surface area contributed by atoms with Gasteiger partial charge in [-0.3, -0.25) is 0 Å². The summed E-state index contributed by atoms with van der Waals surface area (Å²) in [6.07, 6.45) is 0. The summed E-state index contributed by atoms with van der Waals surface area (Å²) in [5.41, 5.74) is 3.98. The molecule has 1 aromatic carbocycles. The summed E-state index contributed by atoms with van der Waals surface area (Å²) >= 11 is 5.34. The van der Waals surface area contributed by atoms with E-state index in [9.17, 15) is 13.6 Å². The van der Waals surface area contributed by atoms with E-state index in [-0.39, 0.29) is 0 Å². The van der Waals surface area contributed by atoms with Crippen molar-refractivity contribution in [3.63, 3.8) is 0 Å². The normalized spacial score (nSPS) is 10.0. The molecule has 0 aliphatic heterocycles. The number of benzene rings is 1. The van der Waals surface area contributed by atoms with Crippen molar-refractivity contribution in [1.29, 1.82) is 0 Å². The molecule has 76 valence electrons. The Kier molecular flexibility index (Phi) is 2.90. The first-order valence-electron chi connectivity index (χ1n) is 3.50. The lowest BCUT2D eigenvalue weighted by Crippen LogP contribution is -2.07. The van der Waals surface area contributed by atoms with Gasteiger partial charge < -0.3 is 10.5 Å². The van der Waals surface area contributed by atoms with Gasteiger partial charge in [0.15, 0.2) is 5.82 Å². The van der Waals surface area contributed by atoms with Crippen molar-refractivity contribution in [3.8, 4) is 0 Å². The van der Waals surface area contributed by atoms with E-state index in [1.807, 2.05) is 0 Å². The second-order valence-corrected chi connectivity index (χ2v) is 2.82. The van der Waals surface area contributed by atoms with E-state index in [2.05, 4.69) is 4.74 Å². The van der Waals surface area contributed by atoms with Crippen LogP contribution in [0.2, 0.25) is 5.02 Å². The molecule has 0 spiro atoms. The molecule has 0 atom stereocenters. The van der Waals surface area contributed by atoms with Gasteiger partial charge in [0, 0.05) is 0 Å². The minimum absolute atomic E-state index is 0.531. The summed E-state index contributed by atoms with van der Waals surface area (Å²) in [7, 11) is 1.05. The maximum absolute atomic E-state index is 13.2. The number of methoxy groups -OCH3 is 1. The second kappa shape index (κ2) is 3.79. The number of carbonyl (C=O) groups is 1. The maximum Gasteiger partial charge on any atom is 0.341 e. The maximum atomic E-state index is 13.2. The van der Waals surface area contributed by atoms with E-state index in [4.69, 9.17) is 17.3 Å². The molecule has 0 aliphatic rings. The Morgan fingerprint density at radius 1 is 1.57 bits per heavy atom. The van der Waals surface area contributed by atoms with Crippen molar-refractivity contribution in [1.82, 2.24) is 0 Å². The van der Waals surface area contributed by atoms with E-state index in [0.29, 0.717) is 6.07 Å². The molecule has 0 fully saturated rings. The van der Waals surface area contributed by atoms with Crippen molar-refractivity contribution in [3.05, 3.63) is 28.3 Å². The summed E-state index contributed by atoms with van der Waals surface area (Å²) in [5, 5.41) is -0.620. The minimum Gasteiger partial charge on any atom is -0.465 e. The lowest BCUT2D eigenvalue weighted by molar-refractivity contribution is 0.0595. The SMILES string of the molecule is COC(=O)c1cc(F)c(N)c(Cl)c1F. The largest absolute Gasteiger partial charge is 0.465 e. The van der Waals surface area contributed by atoms with Crippen LogP contribution in [0.25, 0.3) is 0 Å². The molecule has 0 saturated heterocycles. The minimum atomic E-state index is -1.09. The fourth-order valence-corrected chi connectivity index (χ4v) is 1.06. The van der Waals surface area contributed by atoms with Crippen molar-refractivity contribution < 1.29 is 18.3 Å². The van der Waals surface area contributed by atoms with E-state index in [1.54, 1.807) is 0 Å². The van der Waals surface area contributed by atoms with Crippen molar-refractivity contribution in [2.45, 2.75) is 0 Å². The zero-order chi connectivity index (χ0) is 10.9. The number of nitrogen functional groups attached to an aromatic ring is 1. The van der Waals surface area contributed by atoms with Crippen LogP contribution in [0.3, 0.4) is 0 Å². The first-order valence-corrected chi connectivity index (χ1v) is 3.88. The lowest BCUT2D eigenvalue weighted by Gasteiger charge is -2.05. The van der Waals surface area contributed by atoms with Gasteiger partial charge in [-0.2, -0.15) is 0 Å².